The van der Waals surface area contributed by atoms with Crippen molar-refractivity contribution < 1.29 is 9.53 Å². The van der Waals surface area contributed by atoms with Crippen LogP contribution >= 0.6 is 11.8 Å². The first-order valence-electron chi connectivity index (χ1n) is 11.5. The summed E-state index contributed by atoms with van der Waals surface area (Å²) in [6.07, 6.45) is 8.21. The van der Waals surface area contributed by atoms with E-state index in [0.717, 1.165) is 34.0 Å². The van der Waals surface area contributed by atoms with Crippen LogP contribution < -0.4 is 10.1 Å². The zero-order valence-corrected chi connectivity index (χ0v) is 19.7. The van der Waals surface area contributed by atoms with Crippen molar-refractivity contribution in [2.45, 2.75) is 56.4 Å². The summed E-state index contributed by atoms with van der Waals surface area (Å²) in [6.45, 7) is 5.26. The minimum atomic E-state index is -0.242. The number of imidazole rings is 1. The lowest BCUT2D eigenvalue weighted by Gasteiger charge is -2.15. The highest BCUT2D eigenvalue weighted by molar-refractivity contribution is 8.00. The van der Waals surface area contributed by atoms with E-state index in [0.29, 0.717) is 13.2 Å². The highest BCUT2D eigenvalue weighted by Crippen LogP contribution is 2.31. The minimum Gasteiger partial charge on any atom is -0.494 e. The molecule has 0 bridgehead atoms. The average Bonchev–Trinajstić information content (AvgIpc) is 3.18. The minimum absolute atomic E-state index is 0.0525. The number of nitrogens with one attached hydrogen (secondary N) is 1. The molecule has 0 aliphatic heterocycles. The SMILES string of the molecule is CCOc1ccc(-n2c(S[C@H](C)C(=O)NCCC3=CCCCC3)nc3ccccc32)cc1. The molecule has 6 heteroatoms. The Hall–Kier alpha value is -2.73. The van der Waals surface area contributed by atoms with Crippen LogP contribution in [0.25, 0.3) is 16.7 Å². The number of nitrogens with zero attached hydrogens (tertiary/aromatic N) is 2. The summed E-state index contributed by atoms with van der Waals surface area (Å²) in [6, 6.07) is 16.1. The van der Waals surface area contributed by atoms with Gasteiger partial charge in [-0.3, -0.25) is 9.36 Å². The summed E-state index contributed by atoms with van der Waals surface area (Å²) >= 11 is 1.49. The molecule has 1 aromatic heterocycles. The normalized spacial score (nSPS) is 14.8. The number of hydrogen-bond acceptors (Lipinski definition) is 4. The maximum Gasteiger partial charge on any atom is 0.233 e. The van der Waals surface area contributed by atoms with Gasteiger partial charge in [0.05, 0.1) is 22.9 Å². The van der Waals surface area contributed by atoms with E-state index < -0.39 is 0 Å². The van der Waals surface area contributed by atoms with Gasteiger partial charge in [0.15, 0.2) is 5.16 Å². The van der Waals surface area contributed by atoms with Gasteiger partial charge in [-0.2, -0.15) is 0 Å². The van der Waals surface area contributed by atoms with Gasteiger partial charge in [0.1, 0.15) is 5.75 Å². The smallest absolute Gasteiger partial charge is 0.233 e. The van der Waals surface area contributed by atoms with Crippen LogP contribution in [0.3, 0.4) is 0 Å². The Morgan fingerprint density at radius 1 is 1.19 bits per heavy atom. The first-order chi connectivity index (χ1) is 15.7. The van der Waals surface area contributed by atoms with Crippen molar-refractivity contribution in [2.24, 2.45) is 0 Å². The largest absolute Gasteiger partial charge is 0.494 e. The molecule has 5 nitrogen and oxygen atoms in total. The number of hydrogen-bond donors (Lipinski definition) is 1. The summed E-state index contributed by atoms with van der Waals surface area (Å²) in [5.41, 5.74) is 4.42. The number of benzene rings is 2. The molecule has 0 unspecified atom stereocenters. The number of aromatic nitrogens is 2. The van der Waals surface area contributed by atoms with Crippen LogP contribution in [0.15, 0.2) is 65.3 Å². The van der Waals surface area contributed by atoms with Crippen LogP contribution in [0.5, 0.6) is 5.75 Å². The summed E-state index contributed by atoms with van der Waals surface area (Å²) < 4.78 is 7.70. The fourth-order valence-corrected chi connectivity index (χ4v) is 4.99. The molecule has 3 aromatic rings. The molecule has 1 amide bonds. The second-order valence-corrected chi connectivity index (χ2v) is 9.36. The Balaban J connectivity index is 1.48. The molecule has 0 spiro atoms. The van der Waals surface area contributed by atoms with Crippen molar-refractivity contribution in [3.63, 3.8) is 0 Å². The van der Waals surface area contributed by atoms with Crippen molar-refractivity contribution >= 4 is 28.7 Å². The first-order valence-corrected chi connectivity index (χ1v) is 12.4. The van der Waals surface area contributed by atoms with E-state index in [-0.39, 0.29) is 11.2 Å². The van der Waals surface area contributed by atoms with E-state index in [9.17, 15) is 4.79 Å². The number of carbonyl (C=O) groups excluding carboxylic acids is 1. The molecule has 1 atom stereocenters. The number of ether oxygens (including phenoxy) is 1. The van der Waals surface area contributed by atoms with E-state index in [1.165, 1.54) is 43.0 Å². The van der Waals surface area contributed by atoms with Gasteiger partial charge in [0.2, 0.25) is 5.91 Å². The van der Waals surface area contributed by atoms with Crippen molar-refractivity contribution in [2.75, 3.05) is 13.2 Å². The van der Waals surface area contributed by atoms with Crippen LogP contribution in [0.1, 0.15) is 46.0 Å². The summed E-state index contributed by atoms with van der Waals surface area (Å²) in [5.74, 6) is 0.896. The Labute approximate surface area is 194 Å². The van der Waals surface area contributed by atoms with E-state index in [1.807, 2.05) is 56.3 Å². The third-order valence-corrected chi connectivity index (χ3v) is 6.77. The summed E-state index contributed by atoms with van der Waals surface area (Å²) in [7, 11) is 0. The van der Waals surface area contributed by atoms with Gasteiger partial charge in [-0.15, -0.1) is 0 Å². The number of para-hydroxylation sites is 2. The Morgan fingerprint density at radius 3 is 2.75 bits per heavy atom. The van der Waals surface area contributed by atoms with E-state index in [1.54, 1.807) is 0 Å². The molecular formula is C26H31N3O2S. The number of fused-ring (bicyclic) bond motifs is 1. The lowest BCUT2D eigenvalue weighted by molar-refractivity contribution is -0.120. The number of carbonyl (C=O) groups is 1. The fraction of sp³-hybridized carbons (Fsp3) is 0.385. The predicted octanol–water partition coefficient (Wildman–Crippen LogP) is 5.91. The molecule has 4 rings (SSSR count). The monoisotopic (exact) mass is 449 g/mol. The molecule has 1 heterocycles. The Bertz CT molecular complexity index is 1090. The molecular weight excluding hydrogens is 418 g/mol. The zero-order valence-electron chi connectivity index (χ0n) is 18.8. The van der Waals surface area contributed by atoms with Gasteiger partial charge in [-0.25, -0.2) is 4.98 Å². The quantitative estimate of drug-likeness (QED) is 0.326. The average molecular weight is 450 g/mol. The first kappa shape index (κ1) is 22.5. The molecule has 0 saturated carbocycles. The molecule has 1 aliphatic carbocycles. The standard InChI is InChI=1S/C26H31N3O2S/c1-3-31-22-15-13-21(14-16-22)29-24-12-8-7-11-23(24)28-26(29)32-19(2)25(30)27-18-17-20-9-5-4-6-10-20/h7-9,11-16,19H,3-6,10,17-18H2,1-2H3,(H,27,30)/t19-/m1/s1. The van der Waals surface area contributed by atoms with E-state index in [4.69, 9.17) is 9.72 Å². The maximum absolute atomic E-state index is 12.8. The zero-order chi connectivity index (χ0) is 22.3. The van der Waals surface area contributed by atoms with Gasteiger partial charge in [-0.1, -0.05) is 35.5 Å². The number of thioether (sulfide) groups is 1. The van der Waals surface area contributed by atoms with Crippen molar-refractivity contribution in [3.8, 4) is 11.4 Å². The van der Waals surface area contributed by atoms with Crippen LogP contribution in [0.2, 0.25) is 0 Å². The van der Waals surface area contributed by atoms with Gasteiger partial charge in [0, 0.05) is 12.2 Å². The van der Waals surface area contributed by atoms with Gasteiger partial charge in [-0.05, 0) is 82.3 Å². The maximum atomic E-state index is 12.8. The second kappa shape index (κ2) is 10.7. The van der Waals surface area contributed by atoms with Crippen LogP contribution in [0.4, 0.5) is 0 Å². The number of rotatable bonds is 9. The van der Waals surface area contributed by atoms with Crippen molar-refractivity contribution in [1.82, 2.24) is 14.9 Å². The fourth-order valence-electron chi connectivity index (χ4n) is 4.02. The third-order valence-electron chi connectivity index (χ3n) is 5.72. The topological polar surface area (TPSA) is 56.1 Å². The van der Waals surface area contributed by atoms with Crippen LogP contribution in [0, 0.1) is 0 Å². The van der Waals surface area contributed by atoms with Gasteiger partial charge < -0.3 is 10.1 Å². The lowest BCUT2D eigenvalue weighted by atomic mass is 9.97. The molecule has 1 N–H and O–H groups in total. The number of allylic oxidation sites excluding steroid dienone is 1. The van der Waals surface area contributed by atoms with Gasteiger partial charge in [0.25, 0.3) is 0 Å². The van der Waals surface area contributed by atoms with E-state index in [2.05, 4.69) is 22.0 Å². The van der Waals surface area contributed by atoms with Crippen molar-refractivity contribution in [1.29, 1.82) is 0 Å². The van der Waals surface area contributed by atoms with Crippen molar-refractivity contribution in [3.05, 3.63) is 60.2 Å². The number of amides is 1. The van der Waals surface area contributed by atoms with Gasteiger partial charge >= 0.3 is 0 Å². The molecule has 168 valence electrons. The molecule has 0 saturated heterocycles. The molecule has 0 fully saturated rings. The molecule has 32 heavy (non-hydrogen) atoms. The summed E-state index contributed by atoms with van der Waals surface area (Å²) in [5, 5.41) is 3.68. The van der Waals surface area contributed by atoms with E-state index >= 15 is 0 Å². The molecule has 2 aromatic carbocycles. The van der Waals surface area contributed by atoms with Crippen LogP contribution in [-0.4, -0.2) is 33.9 Å². The Morgan fingerprint density at radius 2 is 2.00 bits per heavy atom. The summed E-state index contributed by atoms with van der Waals surface area (Å²) in [4.78, 5) is 17.6. The predicted molar refractivity (Wildman–Crippen MR) is 132 cm³/mol. The highest BCUT2D eigenvalue weighted by Gasteiger charge is 2.20. The molecule has 0 radical (unpaired) electrons. The highest BCUT2D eigenvalue weighted by atomic mass is 32.2. The lowest BCUT2D eigenvalue weighted by Crippen LogP contribution is -2.32. The van der Waals surface area contributed by atoms with Crippen LogP contribution in [-0.2, 0) is 4.79 Å². The third kappa shape index (κ3) is 5.36. The molecule has 1 aliphatic rings. The Kier molecular flexibility index (Phi) is 7.53. The second-order valence-electron chi connectivity index (χ2n) is 8.05.